The molecule has 0 spiro atoms. The smallest absolute Gasteiger partial charge is 0.100 e. The Labute approximate surface area is 160 Å². The lowest BCUT2D eigenvalue weighted by molar-refractivity contribution is 0.0598. The van der Waals surface area contributed by atoms with Gasteiger partial charge < -0.3 is 4.74 Å². The van der Waals surface area contributed by atoms with Crippen LogP contribution in [0.3, 0.4) is 0 Å². The summed E-state index contributed by atoms with van der Waals surface area (Å²) < 4.78 is 6.09. The Hall–Kier alpha value is -1.75. The molecule has 1 aromatic carbocycles. The summed E-state index contributed by atoms with van der Waals surface area (Å²) in [5.41, 5.74) is 2.15. The molecule has 142 valence electrons. The zero-order valence-electron chi connectivity index (χ0n) is 16.6. The molecule has 1 aliphatic rings. The van der Waals surface area contributed by atoms with E-state index >= 15 is 0 Å². The molecule has 0 bridgehead atoms. The molecule has 26 heavy (non-hydrogen) atoms. The van der Waals surface area contributed by atoms with Gasteiger partial charge in [0.2, 0.25) is 0 Å². The Balaban J connectivity index is 1.74. The van der Waals surface area contributed by atoms with Crippen LogP contribution in [0.15, 0.2) is 36.6 Å². The summed E-state index contributed by atoms with van der Waals surface area (Å²) in [5, 5.41) is 8.93. The Morgan fingerprint density at radius 2 is 1.81 bits per heavy atom. The Kier molecular flexibility index (Phi) is 9.32. The minimum absolute atomic E-state index is 0.365. The Morgan fingerprint density at radius 1 is 1.08 bits per heavy atom. The monoisotopic (exact) mass is 353 g/mol. The van der Waals surface area contributed by atoms with Gasteiger partial charge in [0.15, 0.2) is 0 Å². The van der Waals surface area contributed by atoms with E-state index in [1.165, 1.54) is 56.9 Å². The van der Waals surface area contributed by atoms with Crippen LogP contribution in [-0.2, 0) is 4.74 Å². The van der Waals surface area contributed by atoms with E-state index in [0.717, 1.165) is 18.4 Å². The number of ether oxygens (including phenoxy) is 1. The van der Waals surface area contributed by atoms with Gasteiger partial charge in [0.25, 0.3) is 0 Å². The van der Waals surface area contributed by atoms with Crippen molar-refractivity contribution in [2.45, 2.75) is 90.1 Å². The van der Waals surface area contributed by atoms with Crippen molar-refractivity contribution in [2.75, 3.05) is 0 Å². The maximum Gasteiger partial charge on any atom is 0.100 e. The lowest BCUT2D eigenvalue weighted by Gasteiger charge is -2.33. The second-order valence-electron chi connectivity index (χ2n) is 7.65. The second kappa shape index (κ2) is 11.8. The highest BCUT2D eigenvalue weighted by atomic mass is 16.5. The summed E-state index contributed by atoms with van der Waals surface area (Å²) in [5.74, 6) is 1.32. The first-order chi connectivity index (χ1) is 12.8. The van der Waals surface area contributed by atoms with E-state index in [0.29, 0.717) is 17.9 Å². The molecular formula is C24H35NO. The predicted octanol–water partition coefficient (Wildman–Crippen LogP) is 7.11. The van der Waals surface area contributed by atoms with Gasteiger partial charge in [-0.15, -0.1) is 0 Å². The lowest BCUT2D eigenvalue weighted by atomic mass is 9.76. The van der Waals surface area contributed by atoms with Crippen molar-refractivity contribution in [1.29, 1.82) is 5.26 Å². The molecule has 2 rings (SSSR count). The van der Waals surface area contributed by atoms with Gasteiger partial charge >= 0.3 is 0 Å². The molecule has 0 amide bonds. The van der Waals surface area contributed by atoms with Gasteiger partial charge in [-0.05, 0) is 80.6 Å². The van der Waals surface area contributed by atoms with Gasteiger partial charge in [0.1, 0.15) is 6.10 Å². The van der Waals surface area contributed by atoms with Crippen molar-refractivity contribution in [2.24, 2.45) is 5.92 Å². The summed E-state index contributed by atoms with van der Waals surface area (Å²) in [7, 11) is 0. The van der Waals surface area contributed by atoms with Gasteiger partial charge in [-0.3, -0.25) is 0 Å². The standard InChI is InChI=1S/C24H35NO/c1-3-5-6-7-8-9-18-26-24(4-2)23-16-14-22(15-17-23)21-12-10-20(19-25)11-13-21/h9-13,18,22-24H,3-8,14-17H2,1-2H3/b18-9+. The fraction of sp³-hybridized carbons (Fsp3) is 0.625. The quantitative estimate of drug-likeness (QED) is 0.331. The first-order valence-electron chi connectivity index (χ1n) is 10.6. The van der Waals surface area contributed by atoms with Crippen LogP contribution < -0.4 is 0 Å². The third kappa shape index (κ3) is 6.52. The van der Waals surface area contributed by atoms with E-state index in [1.54, 1.807) is 0 Å². The first kappa shape index (κ1) is 20.6. The summed E-state index contributed by atoms with van der Waals surface area (Å²) in [4.78, 5) is 0. The van der Waals surface area contributed by atoms with Gasteiger partial charge in [0.05, 0.1) is 17.9 Å². The van der Waals surface area contributed by atoms with Crippen molar-refractivity contribution in [3.8, 4) is 6.07 Å². The van der Waals surface area contributed by atoms with Crippen LogP contribution in [0.1, 0.15) is 95.1 Å². The molecule has 1 fully saturated rings. The molecule has 1 saturated carbocycles. The number of hydrogen-bond acceptors (Lipinski definition) is 2. The molecule has 0 heterocycles. The van der Waals surface area contributed by atoms with Crippen LogP contribution in [-0.4, -0.2) is 6.10 Å². The molecular weight excluding hydrogens is 318 g/mol. The number of nitriles is 1. The van der Waals surface area contributed by atoms with Gasteiger partial charge in [-0.1, -0.05) is 45.2 Å². The second-order valence-corrected chi connectivity index (χ2v) is 7.65. The molecule has 1 unspecified atom stereocenters. The molecule has 0 radical (unpaired) electrons. The number of unbranched alkanes of at least 4 members (excludes halogenated alkanes) is 4. The van der Waals surface area contributed by atoms with Crippen molar-refractivity contribution in [3.63, 3.8) is 0 Å². The molecule has 2 nitrogen and oxygen atoms in total. The zero-order chi connectivity index (χ0) is 18.6. The van der Waals surface area contributed by atoms with Crippen LogP contribution in [0, 0.1) is 17.2 Å². The summed E-state index contributed by atoms with van der Waals surface area (Å²) in [6.07, 6.45) is 17.0. The Morgan fingerprint density at radius 3 is 2.42 bits per heavy atom. The van der Waals surface area contributed by atoms with E-state index in [4.69, 9.17) is 10.00 Å². The van der Waals surface area contributed by atoms with E-state index in [1.807, 2.05) is 18.4 Å². The molecule has 1 aliphatic carbocycles. The summed E-state index contributed by atoms with van der Waals surface area (Å²) in [6.45, 7) is 4.49. The van der Waals surface area contributed by atoms with Crippen LogP contribution >= 0.6 is 0 Å². The minimum Gasteiger partial charge on any atom is -0.498 e. The van der Waals surface area contributed by atoms with Crippen LogP contribution in [0.4, 0.5) is 0 Å². The average Bonchev–Trinajstić information content (AvgIpc) is 2.70. The SMILES string of the molecule is CCCCCC/C=C/OC(CC)C1CCC(c2ccc(C#N)cc2)CC1. The largest absolute Gasteiger partial charge is 0.498 e. The average molecular weight is 354 g/mol. The number of allylic oxidation sites excluding steroid dienone is 1. The van der Waals surface area contributed by atoms with Crippen molar-refractivity contribution < 1.29 is 4.74 Å². The fourth-order valence-electron chi connectivity index (χ4n) is 4.11. The van der Waals surface area contributed by atoms with Crippen LogP contribution in [0.5, 0.6) is 0 Å². The maximum absolute atomic E-state index is 8.93. The van der Waals surface area contributed by atoms with Crippen LogP contribution in [0.2, 0.25) is 0 Å². The molecule has 2 heteroatoms. The molecule has 1 aromatic rings. The van der Waals surface area contributed by atoms with E-state index < -0.39 is 0 Å². The fourth-order valence-corrected chi connectivity index (χ4v) is 4.11. The minimum atomic E-state index is 0.365. The van der Waals surface area contributed by atoms with Crippen molar-refractivity contribution in [3.05, 3.63) is 47.7 Å². The topological polar surface area (TPSA) is 33.0 Å². The zero-order valence-corrected chi connectivity index (χ0v) is 16.6. The lowest BCUT2D eigenvalue weighted by Crippen LogP contribution is -2.26. The van der Waals surface area contributed by atoms with E-state index in [2.05, 4.69) is 38.1 Å². The Bertz CT molecular complexity index is 561. The number of benzene rings is 1. The molecule has 0 aliphatic heterocycles. The van der Waals surface area contributed by atoms with Crippen LogP contribution in [0.25, 0.3) is 0 Å². The summed E-state index contributed by atoms with van der Waals surface area (Å²) >= 11 is 0. The molecule has 0 saturated heterocycles. The van der Waals surface area contributed by atoms with Gasteiger partial charge in [-0.2, -0.15) is 5.26 Å². The van der Waals surface area contributed by atoms with Crippen molar-refractivity contribution >= 4 is 0 Å². The number of nitrogens with zero attached hydrogens (tertiary/aromatic N) is 1. The molecule has 0 N–H and O–H groups in total. The third-order valence-electron chi connectivity index (χ3n) is 5.79. The third-order valence-corrected chi connectivity index (χ3v) is 5.79. The number of hydrogen-bond donors (Lipinski definition) is 0. The maximum atomic E-state index is 8.93. The highest BCUT2D eigenvalue weighted by Crippen LogP contribution is 2.38. The molecule has 0 aromatic heterocycles. The number of rotatable bonds is 10. The predicted molar refractivity (Wildman–Crippen MR) is 109 cm³/mol. The van der Waals surface area contributed by atoms with Gasteiger partial charge in [-0.25, -0.2) is 0 Å². The van der Waals surface area contributed by atoms with Gasteiger partial charge in [0, 0.05) is 0 Å². The summed E-state index contributed by atoms with van der Waals surface area (Å²) in [6, 6.07) is 10.4. The molecule has 1 atom stereocenters. The van der Waals surface area contributed by atoms with Crippen molar-refractivity contribution in [1.82, 2.24) is 0 Å². The normalized spacial score (nSPS) is 21.4. The van der Waals surface area contributed by atoms with E-state index in [9.17, 15) is 0 Å². The first-order valence-corrected chi connectivity index (χ1v) is 10.6. The highest BCUT2D eigenvalue weighted by Gasteiger charge is 2.28. The highest BCUT2D eigenvalue weighted by molar-refractivity contribution is 5.33. The van der Waals surface area contributed by atoms with E-state index in [-0.39, 0.29) is 0 Å².